The van der Waals surface area contributed by atoms with Gasteiger partial charge in [0.2, 0.25) is 0 Å². The summed E-state index contributed by atoms with van der Waals surface area (Å²) < 4.78 is 15.8. The Morgan fingerprint density at radius 3 is 2.47 bits per heavy atom. The van der Waals surface area contributed by atoms with E-state index in [0.29, 0.717) is 10.7 Å². The van der Waals surface area contributed by atoms with E-state index in [1.807, 2.05) is 36.4 Å². The Balaban J connectivity index is 1.56. The predicted molar refractivity (Wildman–Crippen MR) is 127 cm³/mol. The zero-order valence-electron chi connectivity index (χ0n) is 16.8. The molecule has 0 fully saturated rings. The average Bonchev–Trinajstić information content (AvgIpc) is 2.85. The first kappa shape index (κ1) is 19.8. The summed E-state index contributed by atoms with van der Waals surface area (Å²) in [6.45, 7) is 0. The standard InChI is InChI=1S/C24H18N6OS/c25-24-22(32(31)30-23-3-1-2-9-28-23)14-18(15-29-24)17-4-5-21-20(13-17)19(8-12-27-21)16-6-10-26-11-7-16/h1-15H,(H2,25,29)(H,28,30). The summed E-state index contributed by atoms with van der Waals surface area (Å²) in [6, 6.07) is 19.1. The molecule has 5 rings (SSSR count). The Bertz CT molecular complexity index is 1430. The molecule has 0 saturated heterocycles. The second-order valence-corrected chi connectivity index (χ2v) is 8.20. The first-order valence-corrected chi connectivity index (χ1v) is 11.0. The molecule has 32 heavy (non-hydrogen) atoms. The highest BCUT2D eigenvalue weighted by Gasteiger charge is 2.13. The molecule has 0 aliphatic rings. The fourth-order valence-electron chi connectivity index (χ4n) is 3.44. The van der Waals surface area contributed by atoms with Gasteiger partial charge in [-0.2, -0.15) is 0 Å². The van der Waals surface area contributed by atoms with Crippen molar-refractivity contribution in [2.75, 3.05) is 10.5 Å². The molecule has 156 valence electrons. The number of nitrogens with zero attached hydrogens (tertiary/aromatic N) is 4. The molecule has 0 aliphatic carbocycles. The van der Waals surface area contributed by atoms with Gasteiger partial charge in [-0.25, -0.2) is 14.2 Å². The summed E-state index contributed by atoms with van der Waals surface area (Å²) in [4.78, 5) is 17.4. The van der Waals surface area contributed by atoms with Crippen molar-refractivity contribution in [1.29, 1.82) is 0 Å². The minimum absolute atomic E-state index is 0.204. The van der Waals surface area contributed by atoms with Crippen molar-refractivity contribution in [3.8, 4) is 22.3 Å². The van der Waals surface area contributed by atoms with E-state index in [1.54, 1.807) is 49.2 Å². The number of nitrogen functional groups attached to an aromatic ring is 1. The number of nitrogens with two attached hydrogens (primary N) is 1. The third-order valence-corrected chi connectivity index (χ3v) is 6.13. The quantitative estimate of drug-likeness (QED) is 0.419. The van der Waals surface area contributed by atoms with Crippen LogP contribution < -0.4 is 10.5 Å². The number of anilines is 2. The Hall–Kier alpha value is -4.17. The fraction of sp³-hybridized carbons (Fsp3) is 0. The van der Waals surface area contributed by atoms with E-state index in [9.17, 15) is 4.21 Å². The summed E-state index contributed by atoms with van der Waals surface area (Å²) in [6.07, 6.45) is 8.64. The van der Waals surface area contributed by atoms with E-state index in [4.69, 9.17) is 5.73 Å². The number of benzene rings is 1. The van der Waals surface area contributed by atoms with Crippen LogP contribution in [-0.4, -0.2) is 24.1 Å². The Kier molecular flexibility index (Phi) is 5.27. The predicted octanol–water partition coefficient (Wildman–Crippen LogP) is 4.47. The maximum absolute atomic E-state index is 12.9. The van der Waals surface area contributed by atoms with Gasteiger partial charge in [0.1, 0.15) is 16.5 Å². The van der Waals surface area contributed by atoms with Crippen LogP contribution in [0, 0.1) is 0 Å². The van der Waals surface area contributed by atoms with Crippen molar-refractivity contribution in [3.63, 3.8) is 0 Å². The van der Waals surface area contributed by atoms with E-state index in [0.717, 1.165) is 33.2 Å². The van der Waals surface area contributed by atoms with Crippen LogP contribution in [0.2, 0.25) is 0 Å². The van der Waals surface area contributed by atoms with Crippen LogP contribution in [0.3, 0.4) is 0 Å². The van der Waals surface area contributed by atoms with Crippen molar-refractivity contribution in [2.45, 2.75) is 4.90 Å². The van der Waals surface area contributed by atoms with Crippen molar-refractivity contribution in [2.24, 2.45) is 0 Å². The summed E-state index contributed by atoms with van der Waals surface area (Å²) in [7, 11) is -1.61. The molecule has 1 aromatic carbocycles. The van der Waals surface area contributed by atoms with E-state index in [2.05, 4.69) is 30.7 Å². The Morgan fingerprint density at radius 2 is 1.66 bits per heavy atom. The first-order valence-electron chi connectivity index (χ1n) is 9.83. The molecule has 0 saturated carbocycles. The zero-order valence-corrected chi connectivity index (χ0v) is 17.7. The molecule has 4 heterocycles. The first-order chi connectivity index (χ1) is 15.7. The molecule has 0 radical (unpaired) electrons. The molecule has 4 aromatic heterocycles. The van der Waals surface area contributed by atoms with Gasteiger partial charge in [-0.3, -0.25) is 14.7 Å². The summed E-state index contributed by atoms with van der Waals surface area (Å²) in [5, 5.41) is 1.00. The smallest absolute Gasteiger partial charge is 0.155 e. The van der Waals surface area contributed by atoms with E-state index < -0.39 is 11.0 Å². The molecular weight excluding hydrogens is 420 g/mol. The van der Waals surface area contributed by atoms with E-state index >= 15 is 0 Å². The summed E-state index contributed by atoms with van der Waals surface area (Å²) in [5.41, 5.74) is 10.8. The average molecular weight is 439 g/mol. The second-order valence-electron chi connectivity index (χ2n) is 7.02. The highest BCUT2D eigenvalue weighted by atomic mass is 32.2. The number of nitrogens with one attached hydrogen (secondary N) is 1. The van der Waals surface area contributed by atoms with Crippen LogP contribution >= 0.6 is 0 Å². The van der Waals surface area contributed by atoms with Gasteiger partial charge in [0.05, 0.1) is 5.52 Å². The van der Waals surface area contributed by atoms with Crippen LogP contribution in [-0.2, 0) is 11.0 Å². The zero-order chi connectivity index (χ0) is 21.9. The maximum Gasteiger partial charge on any atom is 0.155 e. The number of fused-ring (bicyclic) bond motifs is 1. The van der Waals surface area contributed by atoms with Crippen LogP contribution in [0.15, 0.2) is 96.5 Å². The molecule has 0 amide bonds. The fourth-order valence-corrected chi connectivity index (χ4v) is 4.34. The van der Waals surface area contributed by atoms with Gasteiger partial charge in [0, 0.05) is 41.9 Å². The number of hydrogen-bond donors (Lipinski definition) is 2. The lowest BCUT2D eigenvalue weighted by molar-refractivity contribution is 0.686. The van der Waals surface area contributed by atoms with Crippen molar-refractivity contribution < 1.29 is 4.21 Å². The highest BCUT2D eigenvalue weighted by molar-refractivity contribution is 7.86. The third kappa shape index (κ3) is 3.91. The van der Waals surface area contributed by atoms with Gasteiger partial charge < -0.3 is 5.73 Å². The van der Waals surface area contributed by atoms with Gasteiger partial charge in [-0.15, -0.1) is 0 Å². The number of hydrogen-bond acceptors (Lipinski definition) is 6. The maximum atomic E-state index is 12.9. The van der Waals surface area contributed by atoms with Crippen LogP contribution in [0.4, 0.5) is 11.6 Å². The molecule has 3 N–H and O–H groups in total. The van der Waals surface area contributed by atoms with Gasteiger partial charge >= 0.3 is 0 Å². The van der Waals surface area contributed by atoms with Crippen molar-refractivity contribution >= 4 is 33.5 Å². The van der Waals surface area contributed by atoms with Gasteiger partial charge in [-0.1, -0.05) is 12.1 Å². The van der Waals surface area contributed by atoms with Gasteiger partial charge in [0.25, 0.3) is 0 Å². The van der Waals surface area contributed by atoms with E-state index in [1.165, 1.54) is 0 Å². The number of pyridine rings is 4. The van der Waals surface area contributed by atoms with Gasteiger partial charge in [-0.05, 0) is 65.2 Å². The third-order valence-electron chi connectivity index (χ3n) is 5.01. The minimum atomic E-state index is -1.61. The van der Waals surface area contributed by atoms with Crippen molar-refractivity contribution in [1.82, 2.24) is 19.9 Å². The Morgan fingerprint density at radius 1 is 0.781 bits per heavy atom. The highest BCUT2D eigenvalue weighted by Crippen LogP contribution is 2.32. The lowest BCUT2D eigenvalue weighted by Gasteiger charge is -2.11. The van der Waals surface area contributed by atoms with Crippen LogP contribution in [0.5, 0.6) is 0 Å². The molecule has 1 unspecified atom stereocenters. The molecular formula is C24H18N6OS. The molecule has 5 aromatic rings. The molecule has 7 nitrogen and oxygen atoms in total. The van der Waals surface area contributed by atoms with E-state index in [-0.39, 0.29) is 5.82 Å². The summed E-state index contributed by atoms with van der Waals surface area (Å²) >= 11 is 0. The number of aromatic nitrogens is 4. The molecule has 0 bridgehead atoms. The SMILES string of the molecule is Nc1ncc(-c2ccc3nccc(-c4ccncc4)c3c2)cc1S(=O)Nc1ccccn1. The van der Waals surface area contributed by atoms with Crippen molar-refractivity contribution in [3.05, 3.63) is 91.6 Å². The minimum Gasteiger partial charge on any atom is -0.383 e. The lowest BCUT2D eigenvalue weighted by atomic mass is 9.98. The Labute approximate surface area is 187 Å². The number of rotatable bonds is 5. The normalized spacial score (nSPS) is 11.9. The molecule has 1 atom stereocenters. The van der Waals surface area contributed by atoms with Gasteiger partial charge in [0.15, 0.2) is 11.0 Å². The lowest BCUT2D eigenvalue weighted by Crippen LogP contribution is -2.09. The second kappa shape index (κ2) is 8.52. The van der Waals surface area contributed by atoms with Crippen LogP contribution in [0.1, 0.15) is 0 Å². The molecule has 8 heteroatoms. The molecule has 0 aliphatic heterocycles. The largest absolute Gasteiger partial charge is 0.383 e. The molecule has 0 spiro atoms. The van der Waals surface area contributed by atoms with Crippen LogP contribution in [0.25, 0.3) is 33.2 Å². The summed E-state index contributed by atoms with van der Waals surface area (Å²) in [5.74, 6) is 0.699. The monoisotopic (exact) mass is 438 g/mol. The topological polar surface area (TPSA) is 107 Å².